The SMILES string of the molecule is COCCNCC(=O)Nc1ccccc1NC12CC3CC(CC(C3)C1)C2.Cl.Cl. The smallest absolute Gasteiger partial charge is 0.238 e. The van der Waals surface area contributed by atoms with E-state index in [1.54, 1.807) is 7.11 Å². The summed E-state index contributed by atoms with van der Waals surface area (Å²) in [5.41, 5.74) is 2.20. The zero-order valence-electron chi connectivity index (χ0n) is 16.5. The Kier molecular flexibility index (Phi) is 8.44. The molecule has 4 saturated carbocycles. The summed E-state index contributed by atoms with van der Waals surface area (Å²) in [6.07, 6.45) is 8.19. The first-order valence-electron chi connectivity index (χ1n) is 10.0. The lowest BCUT2D eigenvalue weighted by Gasteiger charge is -2.57. The highest BCUT2D eigenvalue weighted by atomic mass is 35.5. The van der Waals surface area contributed by atoms with Crippen LogP contribution in [0, 0.1) is 17.8 Å². The number of anilines is 2. The molecule has 0 saturated heterocycles. The fourth-order valence-corrected chi connectivity index (χ4v) is 5.82. The minimum Gasteiger partial charge on any atom is -0.383 e. The molecule has 5 rings (SSSR count). The molecule has 0 unspecified atom stereocenters. The highest BCUT2D eigenvalue weighted by Crippen LogP contribution is 2.56. The van der Waals surface area contributed by atoms with Crippen molar-refractivity contribution >= 4 is 42.1 Å². The number of amides is 1. The lowest BCUT2D eigenvalue weighted by Crippen LogP contribution is -2.54. The molecule has 4 aliphatic rings. The van der Waals surface area contributed by atoms with Crippen molar-refractivity contribution in [2.45, 2.75) is 44.1 Å². The van der Waals surface area contributed by atoms with Crippen molar-refractivity contribution in [3.63, 3.8) is 0 Å². The van der Waals surface area contributed by atoms with Gasteiger partial charge in [-0.05, 0) is 68.4 Å². The minimum atomic E-state index is -0.0131. The van der Waals surface area contributed by atoms with E-state index in [9.17, 15) is 4.79 Å². The highest BCUT2D eigenvalue weighted by molar-refractivity contribution is 5.95. The number of methoxy groups -OCH3 is 1. The molecule has 0 spiro atoms. The molecule has 4 bridgehead atoms. The van der Waals surface area contributed by atoms with E-state index in [1.165, 1.54) is 38.5 Å². The molecule has 1 aromatic carbocycles. The number of carbonyl (C=O) groups excluding carboxylic acids is 1. The van der Waals surface area contributed by atoms with Crippen molar-refractivity contribution in [2.75, 3.05) is 37.4 Å². The summed E-state index contributed by atoms with van der Waals surface area (Å²) in [6, 6.07) is 8.14. The third kappa shape index (κ3) is 5.32. The van der Waals surface area contributed by atoms with Gasteiger partial charge in [-0.2, -0.15) is 0 Å². The number of benzene rings is 1. The summed E-state index contributed by atoms with van der Waals surface area (Å²) in [4.78, 5) is 12.2. The molecule has 1 aromatic rings. The molecule has 1 amide bonds. The lowest BCUT2D eigenvalue weighted by molar-refractivity contribution is -0.115. The van der Waals surface area contributed by atoms with Gasteiger partial charge in [-0.1, -0.05) is 12.1 Å². The van der Waals surface area contributed by atoms with Gasteiger partial charge in [0.2, 0.25) is 5.91 Å². The summed E-state index contributed by atoms with van der Waals surface area (Å²) in [7, 11) is 1.66. The van der Waals surface area contributed by atoms with E-state index in [-0.39, 0.29) is 36.3 Å². The van der Waals surface area contributed by atoms with E-state index in [4.69, 9.17) is 4.74 Å². The van der Waals surface area contributed by atoms with Crippen LogP contribution in [0.4, 0.5) is 11.4 Å². The third-order valence-electron chi connectivity index (χ3n) is 6.41. The standard InChI is InChI=1S/C21H31N3O2.2ClH/c1-26-7-6-22-14-20(25)23-18-4-2-3-5-19(18)24-21-11-15-8-16(12-21)10-17(9-15)13-21;;/h2-5,15-17,22,24H,6-14H2,1H3,(H,23,25);2*1H. The van der Waals surface area contributed by atoms with Crippen LogP contribution in [-0.2, 0) is 9.53 Å². The van der Waals surface area contributed by atoms with Crippen molar-refractivity contribution < 1.29 is 9.53 Å². The van der Waals surface area contributed by atoms with Gasteiger partial charge in [0.15, 0.2) is 0 Å². The minimum absolute atomic E-state index is 0. The summed E-state index contributed by atoms with van der Waals surface area (Å²) < 4.78 is 4.99. The zero-order chi connectivity index (χ0) is 18.0. The number of ether oxygens (including phenoxy) is 1. The molecule has 0 atom stereocenters. The topological polar surface area (TPSA) is 62.4 Å². The molecule has 0 radical (unpaired) electrons. The van der Waals surface area contributed by atoms with Crippen molar-refractivity contribution in [2.24, 2.45) is 17.8 Å². The molecular weight excluding hydrogens is 397 g/mol. The average molecular weight is 430 g/mol. The summed E-state index contributed by atoms with van der Waals surface area (Å²) in [5.74, 6) is 2.70. The Bertz CT molecular complexity index is 621. The predicted octanol–water partition coefficient (Wildman–Crippen LogP) is 4.09. The van der Waals surface area contributed by atoms with E-state index in [2.05, 4.69) is 28.1 Å². The Labute approximate surface area is 180 Å². The zero-order valence-corrected chi connectivity index (χ0v) is 18.2. The van der Waals surface area contributed by atoms with Crippen LogP contribution in [0.2, 0.25) is 0 Å². The van der Waals surface area contributed by atoms with E-state index in [0.29, 0.717) is 19.7 Å². The van der Waals surface area contributed by atoms with Gasteiger partial charge in [0.25, 0.3) is 0 Å². The summed E-state index contributed by atoms with van der Waals surface area (Å²) >= 11 is 0. The normalized spacial score (nSPS) is 29.5. The molecule has 0 aliphatic heterocycles. The number of halogens is 2. The van der Waals surface area contributed by atoms with Crippen LogP contribution in [0.3, 0.4) is 0 Å². The van der Waals surface area contributed by atoms with Crippen LogP contribution >= 0.6 is 24.8 Å². The Morgan fingerprint density at radius 2 is 1.61 bits per heavy atom. The fourth-order valence-electron chi connectivity index (χ4n) is 5.82. The van der Waals surface area contributed by atoms with Gasteiger partial charge in [-0.3, -0.25) is 4.79 Å². The largest absolute Gasteiger partial charge is 0.383 e. The Balaban J connectivity index is 0.00000140. The number of carbonyl (C=O) groups is 1. The second-order valence-corrected chi connectivity index (χ2v) is 8.59. The molecule has 28 heavy (non-hydrogen) atoms. The van der Waals surface area contributed by atoms with Crippen molar-refractivity contribution in [3.05, 3.63) is 24.3 Å². The number of para-hydroxylation sites is 2. The molecule has 158 valence electrons. The van der Waals surface area contributed by atoms with Gasteiger partial charge in [-0.25, -0.2) is 0 Å². The first kappa shape index (κ1) is 23.3. The average Bonchev–Trinajstić information content (AvgIpc) is 2.59. The van der Waals surface area contributed by atoms with Crippen molar-refractivity contribution in [1.29, 1.82) is 0 Å². The summed E-state index contributed by atoms with van der Waals surface area (Å²) in [6.45, 7) is 1.59. The Morgan fingerprint density at radius 1 is 1.04 bits per heavy atom. The van der Waals surface area contributed by atoms with Gasteiger partial charge in [0.05, 0.1) is 24.5 Å². The molecule has 0 heterocycles. The van der Waals surface area contributed by atoms with Gasteiger partial charge in [-0.15, -0.1) is 24.8 Å². The summed E-state index contributed by atoms with van der Waals surface area (Å²) in [5, 5.41) is 10.0. The van der Waals surface area contributed by atoms with Crippen LogP contribution in [0.25, 0.3) is 0 Å². The third-order valence-corrected chi connectivity index (χ3v) is 6.41. The second kappa shape index (κ2) is 10.1. The molecule has 3 N–H and O–H groups in total. The number of rotatable bonds is 8. The molecular formula is C21H33Cl2N3O2. The van der Waals surface area contributed by atoms with Crippen molar-refractivity contribution in [1.82, 2.24) is 5.32 Å². The number of hydrogen-bond acceptors (Lipinski definition) is 4. The maximum Gasteiger partial charge on any atom is 0.238 e. The fraction of sp³-hybridized carbons (Fsp3) is 0.667. The van der Waals surface area contributed by atoms with Gasteiger partial charge in [0, 0.05) is 19.2 Å². The Morgan fingerprint density at radius 3 is 2.18 bits per heavy atom. The van der Waals surface area contributed by atoms with Crippen LogP contribution < -0.4 is 16.0 Å². The van der Waals surface area contributed by atoms with Crippen molar-refractivity contribution in [3.8, 4) is 0 Å². The van der Waals surface area contributed by atoms with Crippen LogP contribution in [0.1, 0.15) is 38.5 Å². The number of nitrogens with one attached hydrogen (secondary N) is 3. The molecule has 4 aliphatic carbocycles. The first-order chi connectivity index (χ1) is 12.7. The highest BCUT2D eigenvalue weighted by Gasteiger charge is 2.51. The maximum atomic E-state index is 12.2. The first-order valence-corrected chi connectivity index (χ1v) is 10.0. The Hall–Kier alpha value is -1.01. The van der Waals surface area contributed by atoms with E-state index in [0.717, 1.165) is 29.1 Å². The predicted molar refractivity (Wildman–Crippen MR) is 119 cm³/mol. The lowest BCUT2D eigenvalue weighted by atomic mass is 9.53. The van der Waals surface area contributed by atoms with Gasteiger partial charge < -0.3 is 20.7 Å². The second-order valence-electron chi connectivity index (χ2n) is 8.59. The molecule has 4 fully saturated rings. The monoisotopic (exact) mass is 429 g/mol. The van der Waals surface area contributed by atoms with Gasteiger partial charge >= 0.3 is 0 Å². The van der Waals surface area contributed by atoms with E-state index < -0.39 is 0 Å². The molecule has 0 aromatic heterocycles. The maximum absolute atomic E-state index is 12.2. The quantitative estimate of drug-likeness (QED) is 0.544. The number of hydrogen-bond donors (Lipinski definition) is 3. The molecule has 5 nitrogen and oxygen atoms in total. The van der Waals surface area contributed by atoms with Gasteiger partial charge in [0.1, 0.15) is 0 Å². The van der Waals surface area contributed by atoms with E-state index in [1.807, 2.05) is 12.1 Å². The van der Waals surface area contributed by atoms with Crippen LogP contribution in [0.15, 0.2) is 24.3 Å². The van der Waals surface area contributed by atoms with Crippen LogP contribution in [-0.4, -0.2) is 38.3 Å². The molecule has 7 heteroatoms. The van der Waals surface area contributed by atoms with E-state index >= 15 is 0 Å². The van der Waals surface area contributed by atoms with Crippen LogP contribution in [0.5, 0.6) is 0 Å².